The molecule has 0 radical (unpaired) electrons. The lowest BCUT2D eigenvalue weighted by Crippen LogP contribution is -2.18. The van der Waals surface area contributed by atoms with Gasteiger partial charge in [-0.05, 0) is 49.6 Å². The number of nitrogens with zero attached hydrogens (tertiary/aromatic N) is 1. The van der Waals surface area contributed by atoms with E-state index in [2.05, 4.69) is 4.99 Å². The van der Waals surface area contributed by atoms with E-state index in [1.54, 1.807) is 19.1 Å². The standard InChI is InChI=1S/C13H15NO3/c1-2-17-13(16)12-8-7-11(14-12)9-3-5-10(15)6-4-9/h3-6,12,15H,2,7-8H2,1H3/t12-/m0/s1. The van der Waals surface area contributed by atoms with Crippen molar-refractivity contribution in [2.45, 2.75) is 25.8 Å². The Bertz CT molecular complexity index is 436. The fourth-order valence-corrected chi connectivity index (χ4v) is 1.87. The summed E-state index contributed by atoms with van der Waals surface area (Å²) in [7, 11) is 0. The first kappa shape index (κ1) is 11.6. The van der Waals surface area contributed by atoms with Crippen molar-refractivity contribution >= 4 is 11.7 Å². The zero-order valence-electron chi connectivity index (χ0n) is 9.72. The smallest absolute Gasteiger partial charge is 0.330 e. The molecule has 17 heavy (non-hydrogen) atoms. The highest BCUT2D eigenvalue weighted by atomic mass is 16.5. The number of aromatic hydroxyl groups is 1. The van der Waals surface area contributed by atoms with Crippen LogP contribution in [-0.4, -0.2) is 29.4 Å². The molecule has 1 aliphatic heterocycles. The average molecular weight is 233 g/mol. The van der Waals surface area contributed by atoms with E-state index >= 15 is 0 Å². The predicted octanol–water partition coefficient (Wildman–Crippen LogP) is 1.91. The summed E-state index contributed by atoms with van der Waals surface area (Å²) in [6.07, 6.45) is 1.48. The molecule has 90 valence electrons. The van der Waals surface area contributed by atoms with Gasteiger partial charge in [-0.2, -0.15) is 0 Å². The number of carbonyl (C=O) groups excluding carboxylic acids is 1. The summed E-state index contributed by atoms with van der Waals surface area (Å²) in [5.41, 5.74) is 1.86. The Morgan fingerprint density at radius 2 is 2.18 bits per heavy atom. The lowest BCUT2D eigenvalue weighted by molar-refractivity contribution is -0.144. The second-order valence-corrected chi connectivity index (χ2v) is 3.93. The van der Waals surface area contributed by atoms with E-state index in [4.69, 9.17) is 4.74 Å². The number of hydrogen-bond acceptors (Lipinski definition) is 4. The Morgan fingerprint density at radius 3 is 2.82 bits per heavy atom. The first-order valence-corrected chi connectivity index (χ1v) is 5.73. The van der Waals surface area contributed by atoms with E-state index in [9.17, 15) is 9.90 Å². The molecule has 4 heteroatoms. The first-order chi connectivity index (χ1) is 8.20. The topological polar surface area (TPSA) is 58.9 Å². The summed E-state index contributed by atoms with van der Waals surface area (Å²) in [4.78, 5) is 15.9. The van der Waals surface area contributed by atoms with Gasteiger partial charge in [0.1, 0.15) is 11.8 Å². The number of rotatable bonds is 3. The maximum absolute atomic E-state index is 11.5. The van der Waals surface area contributed by atoms with Gasteiger partial charge in [-0.25, -0.2) is 4.79 Å². The fourth-order valence-electron chi connectivity index (χ4n) is 1.87. The molecule has 1 aromatic rings. The molecule has 0 fully saturated rings. The number of aliphatic imine (C=N–C) groups is 1. The molecule has 0 spiro atoms. The molecule has 0 saturated carbocycles. The third kappa shape index (κ3) is 2.64. The highest BCUT2D eigenvalue weighted by Gasteiger charge is 2.25. The highest BCUT2D eigenvalue weighted by molar-refractivity contribution is 6.03. The maximum Gasteiger partial charge on any atom is 0.330 e. The predicted molar refractivity (Wildman–Crippen MR) is 64.3 cm³/mol. The Morgan fingerprint density at radius 1 is 1.47 bits per heavy atom. The monoisotopic (exact) mass is 233 g/mol. The average Bonchev–Trinajstić information content (AvgIpc) is 2.80. The van der Waals surface area contributed by atoms with Crippen molar-refractivity contribution in [3.05, 3.63) is 29.8 Å². The third-order valence-electron chi connectivity index (χ3n) is 2.73. The molecule has 0 bridgehead atoms. The van der Waals surface area contributed by atoms with E-state index < -0.39 is 0 Å². The summed E-state index contributed by atoms with van der Waals surface area (Å²) < 4.78 is 4.94. The first-order valence-electron chi connectivity index (χ1n) is 5.73. The van der Waals surface area contributed by atoms with Crippen LogP contribution in [0, 0.1) is 0 Å². The van der Waals surface area contributed by atoms with Crippen molar-refractivity contribution in [2.24, 2.45) is 4.99 Å². The molecule has 1 atom stereocenters. The zero-order valence-corrected chi connectivity index (χ0v) is 9.72. The molecular weight excluding hydrogens is 218 g/mol. The molecule has 0 unspecified atom stereocenters. The van der Waals surface area contributed by atoms with Crippen molar-refractivity contribution in [3.63, 3.8) is 0 Å². The summed E-state index contributed by atoms with van der Waals surface area (Å²) in [6, 6.07) is 6.49. The highest BCUT2D eigenvalue weighted by Crippen LogP contribution is 2.21. The molecule has 0 saturated heterocycles. The minimum absolute atomic E-state index is 0.231. The lowest BCUT2D eigenvalue weighted by atomic mass is 10.1. The summed E-state index contributed by atoms with van der Waals surface area (Å²) in [6.45, 7) is 2.18. The number of carbonyl (C=O) groups is 1. The largest absolute Gasteiger partial charge is 0.508 e. The van der Waals surface area contributed by atoms with Crippen LogP contribution in [0.2, 0.25) is 0 Å². The van der Waals surface area contributed by atoms with Gasteiger partial charge in [0.05, 0.1) is 6.61 Å². The van der Waals surface area contributed by atoms with E-state index in [-0.39, 0.29) is 17.8 Å². The minimum atomic E-state index is -0.362. The van der Waals surface area contributed by atoms with Gasteiger partial charge in [-0.1, -0.05) is 0 Å². The summed E-state index contributed by atoms with van der Waals surface area (Å²) >= 11 is 0. The van der Waals surface area contributed by atoms with E-state index in [0.29, 0.717) is 13.0 Å². The summed E-state index contributed by atoms with van der Waals surface area (Å²) in [5, 5.41) is 9.20. The molecule has 2 rings (SSSR count). The van der Waals surface area contributed by atoms with Gasteiger partial charge in [0.2, 0.25) is 0 Å². The number of benzene rings is 1. The maximum atomic E-state index is 11.5. The molecule has 1 aliphatic rings. The number of hydrogen-bond donors (Lipinski definition) is 1. The Labute approximate surface area is 99.9 Å². The molecule has 4 nitrogen and oxygen atoms in total. The molecule has 1 aromatic carbocycles. The Balaban J connectivity index is 2.11. The number of esters is 1. The van der Waals surface area contributed by atoms with Crippen molar-refractivity contribution in [1.29, 1.82) is 0 Å². The number of phenols is 1. The van der Waals surface area contributed by atoms with Crippen LogP contribution in [0.1, 0.15) is 25.3 Å². The van der Waals surface area contributed by atoms with E-state index in [1.165, 1.54) is 0 Å². The van der Waals surface area contributed by atoms with Crippen molar-refractivity contribution in [2.75, 3.05) is 6.61 Å². The van der Waals surface area contributed by atoms with Gasteiger partial charge in [-0.15, -0.1) is 0 Å². The number of phenolic OH excluding ortho intramolecular Hbond substituents is 1. The lowest BCUT2D eigenvalue weighted by Gasteiger charge is -2.04. The van der Waals surface area contributed by atoms with Crippen LogP contribution in [0.3, 0.4) is 0 Å². The second kappa shape index (κ2) is 4.99. The van der Waals surface area contributed by atoms with Gasteiger partial charge in [0.15, 0.2) is 0 Å². The van der Waals surface area contributed by atoms with Gasteiger partial charge in [-0.3, -0.25) is 4.99 Å². The van der Waals surface area contributed by atoms with Crippen LogP contribution in [0.5, 0.6) is 5.75 Å². The van der Waals surface area contributed by atoms with Crippen LogP contribution < -0.4 is 0 Å². The fraction of sp³-hybridized carbons (Fsp3) is 0.385. The van der Waals surface area contributed by atoms with Crippen molar-refractivity contribution in [3.8, 4) is 5.75 Å². The summed E-state index contributed by atoms with van der Waals surface area (Å²) in [5.74, 6) is -0.0180. The molecule has 0 aliphatic carbocycles. The van der Waals surface area contributed by atoms with Crippen LogP contribution in [0.25, 0.3) is 0 Å². The molecule has 1 N–H and O–H groups in total. The molecule has 0 aromatic heterocycles. The van der Waals surface area contributed by atoms with Crippen molar-refractivity contribution in [1.82, 2.24) is 0 Å². The van der Waals surface area contributed by atoms with Gasteiger partial charge < -0.3 is 9.84 Å². The van der Waals surface area contributed by atoms with Gasteiger partial charge in [0, 0.05) is 5.71 Å². The van der Waals surface area contributed by atoms with Gasteiger partial charge in [0.25, 0.3) is 0 Å². The zero-order chi connectivity index (χ0) is 12.3. The van der Waals surface area contributed by atoms with E-state index in [1.807, 2.05) is 12.1 Å². The van der Waals surface area contributed by atoms with E-state index in [0.717, 1.165) is 17.7 Å². The Hall–Kier alpha value is -1.84. The van der Waals surface area contributed by atoms with Crippen LogP contribution >= 0.6 is 0 Å². The SMILES string of the molecule is CCOC(=O)[C@@H]1CCC(c2ccc(O)cc2)=N1. The molecule has 1 heterocycles. The quantitative estimate of drug-likeness (QED) is 0.811. The third-order valence-corrected chi connectivity index (χ3v) is 2.73. The normalized spacial score (nSPS) is 18.9. The molecular formula is C13H15NO3. The van der Waals surface area contributed by atoms with Crippen LogP contribution in [0.4, 0.5) is 0 Å². The van der Waals surface area contributed by atoms with Crippen LogP contribution in [0.15, 0.2) is 29.3 Å². The minimum Gasteiger partial charge on any atom is -0.508 e. The Kier molecular flexibility index (Phi) is 3.42. The number of ether oxygens (including phenoxy) is 1. The van der Waals surface area contributed by atoms with Crippen molar-refractivity contribution < 1.29 is 14.6 Å². The van der Waals surface area contributed by atoms with Crippen LogP contribution in [-0.2, 0) is 9.53 Å². The van der Waals surface area contributed by atoms with Gasteiger partial charge >= 0.3 is 5.97 Å². The molecule has 0 amide bonds. The second-order valence-electron chi connectivity index (χ2n) is 3.93.